The first-order chi connectivity index (χ1) is 14.7. The number of nitrogens with one attached hydrogen (secondary N) is 1. The molecule has 0 atom stereocenters. The summed E-state index contributed by atoms with van der Waals surface area (Å²) in [6.07, 6.45) is 1.70. The van der Waals surface area contributed by atoms with Gasteiger partial charge in [0.2, 0.25) is 0 Å². The summed E-state index contributed by atoms with van der Waals surface area (Å²) in [4.78, 5) is 21.2. The Morgan fingerprint density at radius 2 is 1.90 bits per heavy atom. The summed E-state index contributed by atoms with van der Waals surface area (Å²) in [5.74, 6) is 1.12. The fourth-order valence-corrected chi connectivity index (χ4v) is 5.11. The van der Waals surface area contributed by atoms with Crippen LogP contribution in [0, 0.1) is 6.92 Å². The van der Waals surface area contributed by atoms with Crippen molar-refractivity contribution in [3.05, 3.63) is 88.0 Å². The Morgan fingerprint density at radius 3 is 2.73 bits per heavy atom. The lowest BCUT2D eigenvalue weighted by Gasteiger charge is -2.08. The van der Waals surface area contributed by atoms with Gasteiger partial charge in [0.25, 0.3) is 5.56 Å². The van der Waals surface area contributed by atoms with Crippen LogP contribution in [-0.2, 0) is 5.75 Å². The van der Waals surface area contributed by atoms with E-state index in [-0.39, 0.29) is 5.56 Å². The SMILES string of the molecule is Cc1ccccc1-n1cnnc1SCc1nc2scc(-c3ccccc3)c2c(=O)[nH]1. The molecule has 3 heterocycles. The topological polar surface area (TPSA) is 76.5 Å². The highest BCUT2D eigenvalue weighted by atomic mass is 32.2. The number of hydrogen-bond acceptors (Lipinski definition) is 6. The van der Waals surface area contributed by atoms with Crippen LogP contribution in [0.15, 0.2) is 76.3 Å². The first kappa shape index (κ1) is 18.8. The minimum absolute atomic E-state index is 0.115. The second kappa shape index (κ2) is 7.89. The molecule has 0 aliphatic heterocycles. The summed E-state index contributed by atoms with van der Waals surface area (Å²) in [5.41, 5.74) is 4.00. The van der Waals surface area contributed by atoms with Crippen molar-refractivity contribution in [1.82, 2.24) is 24.7 Å². The molecule has 0 fully saturated rings. The minimum Gasteiger partial charge on any atom is -0.309 e. The van der Waals surface area contributed by atoms with Crippen LogP contribution < -0.4 is 5.56 Å². The molecular weight excluding hydrogens is 414 g/mol. The van der Waals surface area contributed by atoms with Crippen LogP contribution in [0.25, 0.3) is 27.0 Å². The highest BCUT2D eigenvalue weighted by molar-refractivity contribution is 7.98. The third-order valence-electron chi connectivity index (χ3n) is 4.81. The molecule has 0 amide bonds. The van der Waals surface area contributed by atoms with Gasteiger partial charge in [0, 0.05) is 10.9 Å². The average molecular weight is 432 g/mol. The number of aryl methyl sites for hydroxylation is 1. The number of hydrogen-bond donors (Lipinski definition) is 1. The van der Waals surface area contributed by atoms with E-state index in [1.165, 1.54) is 23.1 Å². The predicted octanol–water partition coefficient (Wildman–Crippen LogP) is 4.83. The number of fused-ring (bicyclic) bond motifs is 1. The van der Waals surface area contributed by atoms with Crippen LogP contribution >= 0.6 is 23.1 Å². The molecule has 0 aliphatic carbocycles. The maximum atomic E-state index is 12.8. The zero-order valence-electron chi connectivity index (χ0n) is 16.1. The Labute approximate surface area is 180 Å². The standard InChI is InChI=1S/C22H17N5OS2/c1-14-7-5-6-10-17(14)27-13-23-26-22(27)30-12-18-24-20(28)19-16(11-29-21(19)25-18)15-8-3-2-4-9-15/h2-11,13H,12H2,1H3,(H,24,25,28). The van der Waals surface area contributed by atoms with E-state index in [9.17, 15) is 4.79 Å². The van der Waals surface area contributed by atoms with Gasteiger partial charge in [-0.2, -0.15) is 0 Å². The molecule has 0 aliphatic rings. The van der Waals surface area contributed by atoms with Crippen LogP contribution in [0.2, 0.25) is 0 Å². The molecule has 0 radical (unpaired) electrons. The largest absolute Gasteiger partial charge is 0.309 e. The van der Waals surface area contributed by atoms with Gasteiger partial charge in [-0.1, -0.05) is 60.3 Å². The van der Waals surface area contributed by atoms with Crippen LogP contribution in [0.4, 0.5) is 0 Å². The number of thiophene rings is 1. The first-order valence-corrected chi connectivity index (χ1v) is 11.2. The van der Waals surface area contributed by atoms with Crippen LogP contribution in [0.1, 0.15) is 11.4 Å². The Balaban J connectivity index is 1.44. The van der Waals surface area contributed by atoms with E-state index in [2.05, 4.69) is 33.2 Å². The van der Waals surface area contributed by atoms with Crippen molar-refractivity contribution < 1.29 is 0 Å². The van der Waals surface area contributed by atoms with E-state index in [1.54, 1.807) is 6.33 Å². The number of para-hydroxylation sites is 1. The molecule has 1 N–H and O–H groups in total. The maximum Gasteiger partial charge on any atom is 0.260 e. The predicted molar refractivity (Wildman–Crippen MR) is 121 cm³/mol. The first-order valence-electron chi connectivity index (χ1n) is 9.35. The Hall–Kier alpha value is -3.23. The fourth-order valence-electron chi connectivity index (χ4n) is 3.35. The van der Waals surface area contributed by atoms with E-state index >= 15 is 0 Å². The molecule has 30 heavy (non-hydrogen) atoms. The summed E-state index contributed by atoms with van der Waals surface area (Å²) in [6, 6.07) is 18.0. The summed E-state index contributed by atoms with van der Waals surface area (Å²) < 4.78 is 1.95. The molecule has 0 unspecified atom stereocenters. The Kier molecular flexibility index (Phi) is 4.94. The third-order valence-corrected chi connectivity index (χ3v) is 6.63. The van der Waals surface area contributed by atoms with Gasteiger partial charge in [-0.25, -0.2) is 4.98 Å². The maximum absolute atomic E-state index is 12.8. The molecule has 0 saturated carbocycles. The van der Waals surface area contributed by atoms with Crippen molar-refractivity contribution in [2.24, 2.45) is 0 Å². The van der Waals surface area contributed by atoms with E-state index in [0.717, 1.165) is 32.4 Å². The van der Waals surface area contributed by atoms with Gasteiger partial charge < -0.3 is 4.98 Å². The normalized spacial score (nSPS) is 11.2. The highest BCUT2D eigenvalue weighted by Gasteiger charge is 2.14. The summed E-state index contributed by atoms with van der Waals surface area (Å²) in [5, 5.41) is 11.7. The van der Waals surface area contributed by atoms with Gasteiger partial charge >= 0.3 is 0 Å². The molecular formula is C22H17N5OS2. The number of benzene rings is 2. The van der Waals surface area contributed by atoms with Crippen LogP contribution in [0.5, 0.6) is 0 Å². The minimum atomic E-state index is -0.115. The molecule has 0 saturated heterocycles. The van der Waals surface area contributed by atoms with Crippen LogP contribution in [0.3, 0.4) is 0 Å². The van der Waals surface area contributed by atoms with Gasteiger partial charge in [-0.05, 0) is 24.1 Å². The van der Waals surface area contributed by atoms with Crippen molar-refractivity contribution in [3.8, 4) is 16.8 Å². The molecule has 3 aromatic heterocycles. The van der Waals surface area contributed by atoms with Gasteiger partial charge in [0.15, 0.2) is 5.16 Å². The number of H-pyrrole nitrogens is 1. The fraction of sp³-hybridized carbons (Fsp3) is 0.0909. The smallest absolute Gasteiger partial charge is 0.260 e. The van der Waals surface area contributed by atoms with Crippen molar-refractivity contribution in [2.45, 2.75) is 17.8 Å². The van der Waals surface area contributed by atoms with Gasteiger partial charge in [0.05, 0.1) is 16.8 Å². The number of aromatic nitrogens is 5. The molecule has 2 aromatic carbocycles. The lowest BCUT2D eigenvalue weighted by Crippen LogP contribution is -2.11. The second-order valence-corrected chi connectivity index (χ2v) is 8.57. The molecule has 6 nitrogen and oxygen atoms in total. The van der Waals surface area contributed by atoms with Crippen molar-refractivity contribution >= 4 is 33.3 Å². The summed E-state index contributed by atoms with van der Waals surface area (Å²) in [7, 11) is 0. The zero-order valence-corrected chi connectivity index (χ0v) is 17.7. The molecule has 8 heteroatoms. The van der Waals surface area contributed by atoms with E-state index in [0.29, 0.717) is 17.0 Å². The third kappa shape index (κ3) is 3.44. The number of rotatable bonds is 5. The van der Waals surface area contributed by atoms with E-state index in [1.807, 2.05) is 58.5 Å². The molecule has 148 valence electrons. The number of aromatic amines is 1. The van der Waals surface area contributed by atoms with Crippen LogP contribution in [-0.4, -0.2) is 24.7 Å². The second-order valence-electron chi connectivity index (χ2n) is 6.77. The Morgan fingerprint density at radius 1 is 1.10 bits per heavy atom. The van der Waals surface area contributed by atoms with E-state index in [4.69, 9.17) is 0 Å². The number of nitrogens with zero attached hydrogens (tertiary/aromatic N) is 4. The Bertz CT molecular complexity index is 1390. The average Bonchev–Trinajstić information content (AvgIpc) is 3.40. The van der Waals surface area contributed by atoms with Crippen molar-refractivity contribution in [1.29, 1.82) is 0 Å². The van der Waals surface area contributed by atoms with E-state index < -0.39 is 0 Å². The molecule has 5 aromatic rings. The summed E-state index contributed by atoms with van der Waals surface area (Å²) >= 11 is 2.98. The quantitative estimate of drug-likeness (QED) is 0.403. The monoisotopic (exact) mass is 431 g/mol. The summed E-state index contributed by atoms with van der Waals surface area (Å²) in [6.45, 7) is 2.05. The highest BCUT2D eigenvalue weighted by Crippen LogP contribution is 2.31. The molecule has 0 spiro atoms. The molecule has 0 bridgehead atoms. The lowest BCUT2D eigenvalue weighted by atomic mass is 10.1. The number of thioether (sulfide) groups is 1. The van der Waals surface area contributed by atoms with Gasteiger partial charge in [0.1, 0.15) is 17.0 Å². The van der Waals surface area contributed by atoms with Gasteiger partial charge in [-0.3, -0.25) is 9.36 Å². The van der Waals surface area contributed by atoms with Crippen molar-refractivity contribution in [3.63, 3.8) is 0 Å². The van der Waals surface area contributed by atoms with Gasteiger partial charge in [-0.15, -0.1) is 21.5 Å². The molecule has 5 rings (SSSR count). The van der Waals surface area contributed by atoms with Crippen molar-refractivity contribution in [2.75, 3.05) is 0 Å². The zero-order chi connectivity index (χ0) is 20.5. The lowest BCUT2D eigenvalue weighted by molar-refractivity contribution is 0.875.